The molecule has 6 nitrogen and oxygen atoms in total. The Morgan fingerprint density at radius 1 is 0.923 bits per heavy atom. The molecule has 26 heavy (non-hydrogen) atoms. The normalized spacial score (nSPS) is 12.8. The van der Waals surface area contributed by atoms with Gasteiger partial charge in [-0.1, -0.05) is 19.4 Å². The molecule has 0 N–H and O–H groups in total. The Labute approximate surface area is 155 Å². The number of esters is 2. The number of carbonyl (C=O) groups excluding carboxylic acids is 2. The van der Waals surface area contributed by atoms with E-state index in [9.17, 15) is 9.59 Å². The molecule has 2 atom stereocenters. The van der Waals surface area contributed by atoms with Crippen molar-refractivity contribution in [2.75, 3.05) is 14.2 Å². The molecule has 1 aromatic rings. The predicted molar refractivity (Wildman–Crippen MR) is 98.5 cm³/mol. The Balaban J connectivity index is 2.77. The minimum atomic E-state index is -0.333. The molecule has 0 bridgehead atoms. The molecule has 0 aliphatic rings. The van der Waals surface area contributed by atoms with Crippen molar-refractivity contribution >= 4 is 11.9 Å². The summed E-state index contributed by atoms with van der Waals surface area (Å²) in [6.07, 6.45) is 2.92. The monoisotopic (exact) mass is 366 g/mol. The Hall–Kier alpha value is -2.24. The predicted octanol–water partition coefficient (Wildman–Crippen LogP) is 3.69. The summed E-state index contributed by atoms with van der Waals surface area (Å²) in [5, 5.41) is 0. The largest absolute Gasteiger partial charge is 0.493 e. The molecule has 0 spiro atoms. The van der Waals surface area contributed by atoms with Crippen molar-refractivity contribution < 1.29 is 28.5 Å². The fraction of sp³-hybridized carbons (Fsp3) is 0.600. The van der Waals surface area contributed by atoms with E-state index in [-0.39, 0.29) is 24.1 Å². The van der Waals surface area contributed by atoms with Crippen LogP contribution in [0.2, 0.25) is 0 Å². The lowest BCUT2D eigenvalue weighted by Gasteiger charge is -2.23. The lowest BCUT2D eigenvalue weighted by molar-refractivity contribution is -0.153. The van der Waals surface area contributed by atoms with Crippen LogP contribution in [0.1, 0.15) is 52.0 Å². The van der Waals surface area contributed by atoms with Crippen LogP contribution in [0.3, 0.4) is 0 Å². The van der Waals surface area contributed by atoms with Gasteiger partial charge in [0.25, 0.3) is 0 Å². The first-order valence-corrected chi connectivity index (χ1v) is 8.94. The van der Waals surface area contributed by atoms with Gasteiger partial charge in [0.15, 0.2) is 11.5 Å². The number of rotatable bonds is 11. The van der Waals surface area contributed by atoms with E-state index in [0.717, 1.165) is 18.4 Å². The number of hydrogen-bond acceptors (Lipinski definition) is 6. The smallest absolute Gasteiger partial charge is 0.302 e. The third-order valence-electron chi connectivity index (χ3n) is 4.00. The molecule has 1 aromatic carbocycles. The number of carbonyl (C=O) groups is 2. The molecule has 0 heterocycles. The molecule has 0 saturated carbocycles. The Morgan fingerprint density at radius 2 is 1.50 bits per heavy atom. The maximum atomic E-state index is 11.4. The van der Waals surface area contributed by atoms with E-state index in [2.05, 4.69) is 0 Å². The van der Waals surface area contributed by atoms with E-state index >= 15 is 0 Å². The second-order valence-electron chi connectivity index (χ2n) is 6.22. The van der Waals surface area contributed by atoms with Gasteiger partial charge in [0.1, 0.15) is 12.2 Å². The van der Waals surface area contributed by atoms with Crippen molar-refractivity contribution in [3.05, 3.63) is 23.8 Å². The third kappa shape index (κ3) is 7.76. The molecule has 146 valence electrons. The average molecular weight is 366 g/mol. The van der Waals surface area contributed by atoms with Gasteiger partial charge in [-0.3, -0.25) is 9.59 Å². The second-order valence-corrected chi connectivity index (χ2v) is 6.22. The van der Waals surface area contributed by atoms with Gasteiger partial charge in [-0.25, -0.2) is 0 Å². The van der Waals surface area contributed by atoms with Crippen molar-refractivity contribution in [2.45, 2.75) is 65.1 Å². The summed E-state index contributed by atoms with van der Waals surface area (Å²) >= 11 is 0. The molecule has 0 aliphatic carbocycles. The van der Waals surface area contributed by atoms with E-state index in [1.54, 1.807) is 14.2 Å². The number of aryl methyl sites for hydroxylation is 1. The van der Waals surface area contributed by atoms with Gasteiger partial charge in [0.05, 0.1) is 14.2 Å². The van der Waals surface area contributed by atoms with Crippen molar-refractivity contribution in [2.24, 2.45) is 0 Å². The molecule has 0 saturated heterocycles. The van der Waals surface area contributed by atoms with Crippen LogP contribution in [-0.4, -0.2) is 38.4 Å². The number of hydrogen-bond donors (Lipinski definition) is 0. The van der Waals surface area contributed by atoms with Crippen molar-refractivity contribution in [1.82, 2.24) is 0 Å². The molecule has 6 heteroatoms. The van der Waals surface area contributed by atoms with Gasteiger partial charge < -0.3 is 18.9 Å². The summed E-state index contributed by atoms with van der Waals surface area (Å²) in [6, 6.07) is 5.73. The number of methoxy groups -OCH3 is 2. The van der Waals surface area contributed by atoms with Gasteiger partial charge in [-0.05, 0) is 37.0 Å². The van der Waals surface area contributed by atoms with Crippen LogP contribution in [0.15, 0.2) is 18.2 Å². The average Bonchev–Trinajstić information content (AvgIpc) is 2.58. The maximum Gasteiger partial charge on any atom is 0.302 e. The van der Waals surface area contributed by atoms with Crippen molar-refractivity contribution in [3.63, 3.8) is 0 Å². The highest BCUT2D eigenvalue weighted by molar-refractivity contribution is 5.66. The van der Waals surface area contributed by atoms with Crippen LogP contribution in [-0.2, 0) is 25.5 Å². The molecular weight excluding hydrogens is 336 g/mol. The van der Waals surface area contributed by atoms with Crippen LogP contribution in [0.25, 0.3) is 0 Å². The third-order valence-corrected chi connectivity index (χ3v) is 4.00. The van der Waals surface area contributed by atoms with E-state index < -0.39 is 0 Å². The second kappa shape index (κ2) is 11.4. The summed E-state index contributed by atoms with van der Waals surface area (Å²) < 4.78 is 21.4. The van der Waals surface area contributed by atoms with Crippen LogP contribution >= 0.6 is 0 Å². The fourth-order valence-corrected chi connectivity index (χ4v) is 2.90. The summed E-state index contributed by atoms with van der Waals surface area (Å²) in [4.78, 5) is 22.7. The van der Waals surface area contributed by atoms with E-state index in [0.29, 0.717) is 30.8 Å². The molecule has 0 aromatic heterocycles. The summed E-state index contributed by atoms with van der Waals surface area (Å²) in [6.45, 7) is 4.82. The Morgan fingerprint density at radius 3 is 2.00 bits per heavy atom. The lowest BCUT2D eigenvalue weighted by atomic mass is 10.00. The van der Waals surface area contributed by atoms with Crippen LogP contribution in [0.4, 0.5) is 0 Å². The van der Waals surface area contributed by atoms with Gasteiger partial charge >= 0.3 is 11.9 Å². The number of benzene rings is 1. The molecule has 0 amide bonds. The lowest BCUT2D eigenvalue weighted by Crippen LogP contribution is -2.26. The van der Waals surface area contributed by atoms with Gasteiger partial charge in [-0.15, -0.1) is 0 Å². The summed E-state index contributed by atoms with van der Waals surface area (Å²) in [5.41, 5.74) is 1.05. The van der Waals surface area contributed by atoms with Crippen molar-refractivity contribution in [1.29, 1.82) is 0 Å². The van der Waals surface area contributed by atoms with E-state index in [1.807, 2.05) is 25.1 Å². The molecule has 0 radical (unpaired) electrons. The van der Waals surface area contributed by atoms with Gasteiger partial charge in [0, 0.05) is 20.3 Å². The first kappa shape index (κ1) is 21.8. The SMILES string of the molecule is CCCC(CC(CCc1ccc(OC)c(OC)c1)OC(C)=O)OC(C)=O. The Kier molecular flexibility index (Phi) is 9.55. The summed E-state index contributed by atoms with van der Waals surface area (Å²) in [7, 11) is 3.19. The van der Waals surface area contributed by atoms with Gasteiger partial charge in [-0.2, -0.15) is 0 Å². The van der Waals surface area contributed by atoms with Crippen LogP contribution < -0.4 is 9.47 Å². The highest BCUT2D eigenvalue weighted by Crippen LogP contribution is 2.28. The molecule has 1 rings (SSSR count). The van der Waals surface area contributed by atoms with Crippen LogP contribution in [0, 0.1) is 0 Å². The van der Waals surface area contributed by atoms with E-state index in [1.165, 1.54) is 13.8 Å². The first-order valence-electron chi connectivity index (χ1n) is 8.94. The highest BCUT2D eigenvalue weighted by Gasteiger charge is 2.21. The maximum absolute atomic E-state index is 11.4. The zero-order chi connectivity index (χ0) is 19.5. The Bertz CT molecular complexity index is 584. The fourth-order valence-electron chi connectivity index (χ4n) is 2.90. The molecule has 2 unspecified atom stereocenters. The zero-order valence-electron chi connectivity index (χ0n) is 16.4. The molecule has 0 aliphatic heterocycles. The summed E-state index contributed by atoms with van der Waals surface area (Å²) in [5.74, 6) is 0.689. The molecule has 0 fully saturated rings. The highest BCUT2D eigenvalue weighted by atomic mass is 16.6. The van der Waals surface area contributed by atoms with Crippen LogP contribution in [0.5, 0.6) is 11.5 Å². The minimum Gasteiger partial charge on any atom is -0.493 e. The minimum absolute atomic E-state index is 0.243. The standard InChI is InChI=1S/C20H30O6/c1-6-7-17(25-14(2)21)13-18(26-15(3)22)10-8-16-9-11-19(23-4)20(12-16)24-5/h9,11-12,17-18H,6-8,10,13H2,1-5H3. The number of ether oxygens (including phenoxy) is 4. The van der Waals surface area contributed by atoms with E-state index in [4.69, 9.17) is 18.9 Å². The zero-order valence-corrected chi connectivity index (χ0v) is 16.4. The van der Waals surface area contributed by atoms with Crippen molar-refractivity contribution in [3.8, 4) is 11.5 Å². The quantitative estimate of drug-likeness (QED) is 0.556. The van der Waals surface area contributed by atoms with Gasteiger partial charge in [0.2, 0.25) is 0 Å². The molecular formula is C20H30O6. The topological polar surface area (TPSA) is 71.1 Å². The first-order chi connectivity index (χ1) is 12.4.